The van der Waals surface area contributed by atoms with Gasteiger partial charge in [-0.2, -0.15) is 0 Å². The van der Waals surface area contributed by atoms with Crippen LogP contribution in [0.2, 0.25) is 0 Å². The van der Waals surface area contributed by atoms with Crippen LogP contribution in [0.25, 0.3) is 5.69 Å². The predicted molar refractivity (Wildman–Crippen MR) is 96.5 cm³/mol. The number of ether oxygens (including phenoxy) is 1. The summed E-state index contributed by atoms with van der Waals surface area (Å²) in [7, 11) is 3.49. The standard InChI is InChI=1S/C17H20N8O2/c1-24-6-5-18-16(24)15(11-3-4-11)21-17(26)20-12-7-13(9-14(8-12)27-2)25-10-19-22-23-25/h5-11,15H,3-4H2,1-2H3,(H2,20,21,26). The maximum Gasteiger partial charge on any atom is 0.319 e. The zero-order valence-electron chi connectivity index (χ0n) is 15.0. The third kappa shape index (κ3) is 3.73. The van der Waals surface area contributed by atoms with Crippen molar-refractivity contribution in [1.29, 1.82) is 0 Å². The molecule has 0 radical (unpaired) electrons. The molecule has 1 saturated carbocycles. The molecule has 0 bridgehead atoms. The van der Waals surface area contributed by atoms with Crippen LogP contribution in [0.15, 0.2) is 36.9 Å². The minimum absolute atomic E-state index is 0.116. The molecule has 1 atom stereocenters. The molecule has 2 heterocycles. The number of hydrogen-bond acceptors (Lipinski definition) is 6. The van der Waals surface area contributed by atoms with E-state index in [4.69, 9.17) is 4.74 Å². The van der Waals surface area contributed by atoms with E-state index in [9.17, 15) is 4.79 Å². The van der Waals surface area contributed by atoms with Crippen molar-refractivity contribution in [3.05, 3.63) is 42.7 Å². The van der Waals surface area contributed by atoms with E-state index in [-0.39, 0.29) is 12.1 Å². The number of aromatic nitrogens is 6. The van der Waals surface area contributed by atoms with Gasteiger partial charge in [-0.25, -0.2) is 14.5 Å². The molecule has 1 aliphatic carbocycles. The first-order valence-electron chi connectivity index (χ1n) is 8.61. The third-order valence-corrected chi connectivity index (χ3v) is 4.52. The number of tetrazole rings is 1. The molecule has 4 rings (SSSR count). The van der Waals surface area contributed by atoms with Crippen molar-refractivity contribution in [2.24, 2.45) is 13.0 Å². The fraction of sp³-hybridized carbons (Fsp3) is 0.353. The average molecular weight is 368 g/mol. The highest BCUT2D eigenvalue weighted by atomic mass is 16.5. The van der Waals surface area contributed by atoms with Crippen LogP contribution in [0.4, 0.5) is 10.5 Å². The summed E-state index contributed by atoms with van der Waals surface area (Å²) in [5.74, 6) is 1.85. The van der Waals surface area contributed by atoms with Crippen molar-refractivity contribution in [3.63, 3.8) is 0 Å². The molecule has 140 valence electrons. The van der Waals surface area contributed by atoms with E-state index >= 15 is 0 Å². The van der Waals surface area contributed by atoms with E-state index < -0.39 is 0 Å². The largest absolute Gasteiger partial charge is 0.497 e. The number of hydrogen-bond donors (Lipinski definition) is 2. The van der Waals surface area contributed by atoms with Gasteiger partial charge in [0.05, 0.1) is 18.8 Å². The second-order valence-corrected chi connectivity index (χ2v) is 6.48. The van der Waals surface area contributed by atoms with Crippen molar-refractivity contribution in [2.45, 2.75) is 18.9 Å². The molecule has 0 spiro atoms. The lowest BCUT2D eigenvalue weighted by Gasteiger charge is -2.19. The Morgan fingerprint density at radius 2 is 2.19 bits per heavy atom. The Balaban J connectivity index is 1.52. The minimum Gasteiger partial charge on any atom is -0.497 e. The molecule has 2 N–H and O–H groups in total. The second kappa shape index (κ2) is 7.06. The number of benzene rings is 1. The maximum atomic E-state index is 12.6. The summed E-state index contributed by atoms with van der Waals surface area (Å²) in [4.78, 5) is 17.0. The number of amides is 2. The van der Waals surface area contributed by atoms with Gasteiger partial charge in [0, 0.05) is 37.3 Å². The van der Waals surface area contributed by atoms with Gasteiger partial charge in [-0.15, -0.1) is 5.10 Å². The summed E-state index contributed by atoms with van der Waals surface area (Å²) < 4.78 is 8.74. The minimum atomic E-state index is -0.300. The highest BCUT2D eigenvalue weighted by Crippen LogP contribution is 2.40. The lowest BCUT2D eigenvalue weighted by molar-refractivity contribution is 0.246. The Kier molecular flexibility index (Phi) is 4.45. The first kappa shape index (κ1) is 17.0. The van der Waals surface area contributed by atoms with Crippen molar-refractivity contribution in [1.82, 2.24) is 35.1 Å². The fourth-order valence-electron chi connectivity index (χ4n) is 2.99. The van der Waals surface area contributed by atoms with Crippen LogP contribution in [0.1, 0.15) is 24.7 Å². The molecule has 10 heteroatoms. The number of imidazole rings is 1. The number of rotatable bonds is 6. The summed E-state index contributed by atoms with van der Waals surface area (Å²) in [6.45, 7) is 0. The van der Waals surface area contributed by atoms with Gasteiger partial charge in [0.2, 0.25) is 0 Å². The van der Waals surface area contributed by atoms with Crippen LogP contribution >= 0.6 is 0 Å². The lowest BCUT2D eigenvalue weighted by Crippen LogP contribution is -2.35. The van der Waals surface area contributed by atoms with Gasteiger partial charge >= 0.3 is 6.03 Å². The maximum absolute atomic E-state index is 12.6. The first-order chi connectivity index (χ1) is 13.1. The van der Waals surface area contributed by atoms with Gasteiger partial charge < -0.3 is 19.9 Å². The normalized spacial score (nSPS) is 14.6. The molecular weight excluding hydrogens is 348 g/mol. The highest BCUT2D eigenvalue weighted by molar-refractivity contribution is 5.90. The lowest BCUT2D eigenvalue weighted by atomic mass is 10.1. The quantitative estimate of drug-likeness (QED) is 0.685. The average Bonchev–Trinajstić information content (AvgIpc) is 3.17. The number of carbonyl (C=O) groups is 1. The van der Waals surface area contributed by atoms with Gasteiger partial charge in [-0.05, 0) is 35.3 Å². The Hall–Kier alpha value is -3.43. The van der Waals surface area contributed by atoms with Gasteiger partial charge in [0.1, 0.15) is 17.9 Å². The zero-order valence-corrected chi connectivity index (χ0v) is 15.0. The molecule has 2 amide bonds. The summed E-state index contributed by atoms with van der Waals surface area (Å²) in [6.07, 6.45) is 7.26. The topological polar surface area (TPSA) is 112 Å². The highest BCUT2D eigenvalue weighted by Gasteiger charge is 2.35. The zero-order chi connectivity index (χ0) is 18.8. The summed E-state index contributed by atoms with van der Waals surface area (Å²) in [5.41, 5.74) is 1.25. The number of anilines is 1. The van der Waals surface area contributed by atoms with E-state index in [0.29, 0.717) is 23.0 Å². The number of aryl methyl sites for hydroxylation is 1. The van der Waals surface area contributed by atoms with Gasteiger partial charge in [-0.1, -0.05) is 0 Å². The van der Waals surface area contributed by atoms with E-state index in [1.165, 1.54) is 11.0 Å². The summed E-state index contributed by atoms with van der Waals surface area (Å²) in [5, 5.41) is 17.0. The monoisotopic (exact) mass is 368 g/mol. The van der Waals surface area contributed by atoms with Crippen molar-refractivity contribution in [3.8, 4) is 11.4 Å². The van der Waals surface area contributed by atoms with E-state index in [0.717, 1.165) is 18.7 Å². The van der Waals surface area contributed by atoms with Gasteiger partial charge in [0.25, 0.3) is 0 Å². The van der Waals surface area contributed by atoms with Crippen molar-refractivity contribution in [2.75, 3.05) is 12.4 Å². The van der Waals surface area contributed by atoms with Crippen LogP contribution in [-0.2, 0) is 7.05 Å². The fourth-order valence-corrected chi connectivity index (χ4v) is 2.99. The van der Waals surface area contributed by atoms with Gasteiger partial charge in [-0.3, -0.25) is 0 Å². The molecule has 0 aliphatic heterocycles. The molecular formula is C17H20N8O2. The van der Waals surface area contributed by atoms with Crippen LogP contribution in [0.3, 0.4) is 0 Å². The molecule has 1 fully saturated rings. The molecule has 1 aliphatic rings. The molecule has 1 unspecified atom stereocenters. The molecule has 2 aromatic heterocycles. The van der Waals surface area contributed by atoms with Crippen LogP contribution in [0, 0.1) is 5.92 Å². The van der Waals surface area contributed by atoms with Crippen LogP contribution in [0.5, 0.6) is 5.75 Å². The smallest absolute Gasteiger partial charge is 0.319 e. The number of nitrogens with one attached hydrogen (secondary N) is 2. The second-order valence-electron chi connectivity index (χ2n) is 6.48. The molecule has 1 aromatic carbocycles. The van der Waals surface area contributed by atoms with Crippen LogP contribution in [-0.4, -0.2) is 42.9 Å². The Labute approximate surface area is 155 Å². The number of methoxy groups -OCH3 is 1. The predicted octanol–water partition coefficient (Wildman–Crippen LogP) is 1.68. The summed E-state index contributed by atoms with van der Waals surface area (Å²) >= 11 is 0. The van der Waals surface area contributed by atoms with Crippen LogP contribution < -0.4 is 15.4 Å². The number of nitrogens with zero attached hydrogens (tertiary/aromatic N) is 6. The number of carbonyl (C=O) groups excluding carboxylic acids is 1. The third-order valence-electron chi connectivity index (χ3n) is 4.52. The number of urea groups is 1. The first-order valence-corrected chi connectivity index (χ1v) is 8.61. The molecule has 0 saturated heterocycles. The Bertz CT molecular complexity index is 932. The summed E-state index contributed by atoms with van der Waals surface area (Å²) in [6, 6.07) is 4.87. The van der Waals surface area contributed by atoms with E-state index in [1.807, 2.05) is 17.8 Å². The Morgan fingerprint density at radius 1 is 1.33 bits per heavy atom. The van der Waals surface area contributed by atoms with Crippen molar-refractivity contribution < 1.29 is 9.53 Å². The molecule has 3 aromatic rings. The Morgan fingerprint density at radius 3 is 2.81 bits per heavy atom. The molecule has 27 heavy (non-hydrogen) atoms. The molecule has 10 nitrogen and oxygen atoms in total. The van der Waals surface area contributed by atoms with Crippen molar-refractivity contribution >= 4 is 11.7 Å². The van der Waals surface area contributed by atoms with E-state index in [1.54, 1.807) is 31.5 Å². The van der Waals surface area contributed by atoms with Gasteiger partial charge in [0.15, 0.2) is 0 Å². The van der Waals surface area contributed by atoms with E-state index in [2.05, 4.69) is 31.1 Å². The SMILES string of the molecule is COc1cc(NC(=O)NC(c2nccn2C)C2CC2)cc(-n2cnnn2)c1.